The molecular weight excluding hydrogens is 330 g/mol. The number of carbonyl (C=O) groups is 1. The Kier molecular flexibility index (Phi) is 5.26. The van der Waals surface area contributed by atoms with Gasteiger partial charge < -0.3 is 10.4 Å². The molecule has 0 saturated heterocycles. The molecule has 1 heterocycles. The van der Waals surface area contributed by atoms with Crippen LogP contribution in [0.25, 0.3) is 5.69 Å². The van der Waals surface area contributed by atoms with E-state index in [0.717, 1.165) is 22.7 Å². The second kappa shape index (κ2) is 6.94. The monoisotopic (exact) mass is 357 g/mol. The molecule has 0 atom stereocenters. The zero-order valence-electron chi connectivity index (χ0n) is 16.3. The van der Waals surface area contributed by atoms with Gasteiger partial charge in [0.15, 0.2) is 11.4 Å². The van der Waals surface area contributed by atoms with Crippen LogP contribution in [0.5, 0.6) is 5.75 Å². The number of amides is 1. The molecule has 1 aromatic heterocycles. The van der Waals surface area contributed by atoms with Crippen molar-refractivity contribution in [1.82, 2.24) is 15.1 Å². The molecule has 6 heteroatoms. The van der Waals surface area contributed by atoms with Crippen LogP contribution in [0.4, 0.5) is 0 Å². The molecule has 0 aliphatic carbocycles. The lowest BCUT2D eigenvalue weighted by atomic mass is 9.82. The topological polar surface area (TPSA) is 84.2 Å². The predicted octanol–water partition coefficient (Wildman–Crippen LogP) is 3.19. The van der Waals surface area contributed by atoms with Gasteiger partial charge in [0, 0.05) is 11.6 Å². The van der Waals surface area contributed by atoms with E-state index in [1.807, 2.05) is 26.8 Å². The molecular formula is C20H27N3O3. The Labute approximate surface area is 153 Å². The summed E-state index contributed by atoms with van der Waals surface area (Å²) in [5.74, 6) is -0.943. The highest BCUT2D eigenvalue weighted by Crippen LogP contribution is 2.27. The smallest absolute Gasteiger partial charge is 0.276 e. The third kappa shape index (κ3) is 4.94. The molecule has 2 aromatic rings. The lowest BCUT2D eigenvalue weighted by Gasteiger charge is -2.33. The van der Waals surface area contributed by atoms with Crippen LogP contribution in [0.1, 0.15) is 57.1 Å². The Hall–Kier alpha value is -2.63. The molecule has 140 valence electrons. The van der Waals surface area contributed by atoms with E-state index in [4.69, 9.17) is 0 Å². The van der Waals surface area contributed by atoms with Crippen molar-refractivity contribution in [3.05, 3.63) is 51.9 Å². The van der Waals surface area contributed by atoms with Gasteiger partial charge in [0.2, 0.25) is 0 Å². The molecule has 0 radical (unpaired) electrons. The summed E-state index contributed by atoms with van der Waals surface area (Å²) in [6.07, 6.45) is 0.740. The Morgan fingerprint density at radius 2 is 1.85 bits per heavy atom. The van der Waals surface area contributed by atoms with Crippen molar-refractivity contribution < 1.29 is 9.90 Å². The molecule has 26 heavy (non-hydrogen) atoms. The predicted molar refractivity (Wildman–Crippen MR) is 102 cm³/mol. The summed E-state index contributed by atoms with van der Waals surface area (Å²) in [4.78, 5) is 24.9. The largest absolute Gasteiger partial charge is 0.505 e. The second-order valence-corrected chi connectivity index (χ2v) is 8.54. The maximum Gasteiger partial charge on any atom is 0.276 e. The van der Waals surface area contributed by atoms with E-state index in [2.05, 4.69) is 31.2 Å². The number of carbonyl (C=O) groups excluding carboxylic acids is 1. The van der Waals surface area contributed by atoms with Crippen molar-refractivity contribution in [3.63, 3.8) is 0 Å². The van der Waals surface area contributed by atoms with Crippen LogP contribution in [0.3, 0.4) is 0 Å². The molecule has 0 aliphatic rings. The highest BCUT2D eigenvalue weighted by molar-refractivity contribution is 5.95. The first kappa shape index (κ1) is 19.7. The number of benzene rings is 1. The van der Waals surface area contributed by atoms with Gasteiger partial charge in [0.25, 0.3) is 11.5 Å². The van der Waals surface area contributed by atoms with Crippen molar-refractivity contribution >= 4 is 5.91 Å². The number of hydrogen-bond donors (Lipinski definition) is 2. The highest BCUT2D eigenvalue weighted by Gasteiger charge is 2.29. The molecule has 0 unspecified atom stereocenters. The fourth-order valence-corrected chi connectivity index (χ4v) is 3.29. The van der Waals surface area contributed by atoms with E-state index in [-0.39, 0.29) is 11.1 Å². The molecule has 0 bridgehead atoms. The first-order chi connectivity index (χ1) is 11.9. The van der Waals surface area contributed by atoms with Crippen LogP contribution < -0.4 is 10.9 Å². The Balaban J connectivity index is 2.39. The van der Waals surface area contributed by atoms with Crippen LogP contribution in [0.15, 0.2) is 35.1 Å². The Morgan fingerprint density at radius 3 is 2.42 bits per heavy atom. The van der Waals surface area contributed by atoms with E-state index in [9.17, 15) is 14.7 Å². The molecule has 0 saturated carbocycles. The molecule has 6 nitrogen and oxygen atoms in total. The van der Waals surface area contributed by atoms with Crippen molar-refractivity contribution in [2.75, 3.05) is 0 Å². The molecule has 1 aromatic carbocycles. The van der Waals surface area contributed by atoms with Crippen LogP contribution >= 0.6 is 0 Å². The van der Waals surface area contributed by atoms with Crippen LogP contribution in [0, 0.1) is 12.3 Å². The number of aromatic nitrogens is 2. The average molecular weight is 357 g/mol. The Morgan fingerprint density at radius 1 is 1.19 bits per heavy atom. The maximum absolute atomic E-state index is 12.7. The molecule has 0 spiro atoms. The fraction of sp³-hybridized carbons (Fsp3) is 0.450. The summed E-state index contributed by atoms with van der Waals surface area (Å²) < 4.78 is 1.12. The molecule has 1 amide bonds. The van der Waals surface area contributed by atoms with E-state index >= 15 is 0 Å². The third-order valence-corrected chi connectivity index (χ3v) is 3.80. The van der Waals surface area contributed by atoms with E-state index in [1.54, 1.807) is 18.2 Å². The van der Waals surface area contributed by atoms with Crippen molar-refractivity contribution in [2.24, 2.45) is 5.41 Å². The molecule has 2 N–H and O–H groups in total. The number of rotatable bonds is 4. The van der Waals surface area contributed by atoms with Crippen LogP contribution in [0.2, 0.25) is 0 Å². The summed E-state index contributed by atoms with van der Waals surface area (Å²) in [5.41, 5.74) is 0.353. The summed E-state index contributed by atoms with van der Waals surface area (Å²) in [6.45, 7) is 12.0. The van der Waals surface area contributed by atoms with Gasteiger partial charge in [-0.15, -0.1) is 0 Å². The van der Waals surface area contributed by atoms with Crippen molar-refractivity contribution in [3.8, 4) is 11.4 Å². The summed E-state index contributed by atoms with van der Waals surface area (Å²) in [6, 6.07) is 8.23. The van der Waals surface area contributed by atoms with Crippen LogP contribution in [-0.4, -0.2) is 26.3 Å². The van der Waals surface area contributed by atoms with Gasteiger partial charge in [-0.3, -0.25) is 9.59 Å². The minimum Gasteiger partial charge on any atom is -0.505 e. The van der Waals surface area contributed by atoms with Gasteiger partial charge >= 0.3 is 0 Å². The summed E-state index contributed by atoms with van der Waals surface area (Å²) >= 11 is 0. The normalized spacial score (nSPS) is 12.1. The first-order valence-corrected chi connectivity index (χ1v) is 8.61. The number of nitrogens with one attached hydrogen (secondary N) is 1. The molecule has 0 fully saturated rings. The van der Waals surface area contributed by atoms with E-state index in [1.165, 1.54) is 0 Å². The molecule has 2 rings (SSSR count). The lowest BCUT2D eigenvalue weighted by Crippen LogP contribution is -2.46. The fourth-order valence-electron chi connectivity index (χ4n) is 3.29. The van der Waals surface area contributed by atoms with Crippen molar-refractivity contribution in [1.29, 1.82) is 0 Å². The van der Waals surface area contributed by atoms with Gasteiger partial charge in [-0.05, 0) is 50.3 Å². The van der Waals surface area contributed by atoms with Gasteiger partial charge in [-0.25, -0.2) is 0 Å². The van der Waals surface area contributed by atoms with E-state index < -0.39 is 22.8 Å². The minimum atomic E-state index is -0.516. The van der Waals surface area contributed by atoms with E-state index in [0.29, 0.717) is 5.69 Å². The van der Waals surface area contributed by atoms with Gasteiger partial charge in [0.1, 0.15) is 0 Å². The zero-order valence-corrected chi connectivity index (χ0v) is 16.3. The molecule has 0 aliphatic heterocycles. The highest BCUT2D eigenvalue weighted by atomic mass is 16.3. The second-order valence-electron chi connectivity index (χ2n) is 8.54. The number of hydrogen-bond acceptors (Lipinski definition) is 4. The first-order valence-electron chi connectivity index (χ1n) is 8.61. The summed E-state index contributed by atoms with van der Waals surface area (Å²) in [7, 11) is 0. The quantitative estimate of drug-likeness (QED) is 0.880. The number of aromatic hydroxyl groups is 1. The third-order valence-electron chi connectivity index (χ3n) is 3.80. The summed E-state index contributed by atoms with van der Waals surface area (Å²) in [5, 5.41) is 17.1. The van der Waals surface area contributed by atoms with Gasteiger partial charge in [-0.1, -0.05) is 32.9 Å². The number of nitrogens with zero attached hydrogens (tertiary/aromatic N) is 2. The van der Waals surface area contributed by atoms with Crippen molar-refractivity contribution in [2.45, 2.75) is 53.5 Å². The van der Waals surface area contributed by atoms with Gasteiger partial charge in [0.05, 0.1) is 5.69 Å². The Bertz CT molecular complexity index is 877. The van der Waals surface area contributed by atoms with Gasteiger partial charge in [-0.2, -0.15) is 9.78 Å². The SMILES string of the molecule is Cc1cccc(-n2nc(C(=O)NC(C)(C)CC(C)(C)C)c(O)cc2=O)c1. The minimum absolute atomic E-state index is 0.0204. The average Bonchev–Trinajstić information content (AvgIpc) is 2.43. The van der Waals surface area contributed by atoms with Crippen LogP contribution in [-0.2, 0) is 0 Å². The number of aryl methyl sites for hydroxylation is 1. The standard InChI is InChI=1S/C20H27N3O3/c1-13-8-7-9-14(10-13)23-16(25)11-15(24)17(22-23)18(26)21-20(5,6)12-19(2,3)4/h7-11,24H,12H2,1-6H3,(H,21,26). The lowest BCUT2D eigenvalue weighted by molar-refractivity contribution is 0.0881. The zero-order chi connectivity index (χ0) is 19.7. The maximum atomic E-state index is 12.7.